The molecule has 5 nitrogen and oxygen atoms in total. The molecule has 1 aliphatic carbocycles. The number of urea groups is 1. The van der Waals surface area contributed by atoms with E-state index in [2.05, 4.69) is 10.6 Å². The SMILES string of the molecule is CC(CC1CC1)NC(=O)NC(CC(=O)O)c1ccccc1. The molecule has 2 rings (SSSR count). The molecule has 21 heavy (non-hydrogen) atoms. The standard InChI is InChI=1S/C16H22N2O3/c1-11(9-12-7-8-12)17-16(21)18-14(10-15(19)20)13-5-3-2-4-6-13/h2-6,11-12,14H,7-10H2,1H3,(H,19,20)(H2,17,18,21). The van der Waals surface area contributed by atoms with Crippen LogP contribution in [0.4, 0.5) is 4.79 Å². The molecular formula is C16H22N2O3. The third-order valence-electron chi connectivity index (χ3n) is 3.65. The van der Waals surface area contributed by atoms with Gasteiger partial charge in [-0.15, -0.1) is 0 Å². The molecule has 1 aromatic carbocycles. The van der Waals surface area contributed by atoms with Gasteiger partial charge in [-0.2, -0.15) is 0 Å². The van der Waals surface area contributed by atoms with Gasteiger partial charge >= 0.3 is 12.0 Å². The number of carbonyl (C=O) groups is 2. The Bertz CT molecular complexity index is 486. The van der Waals surface area contributed by atoms with E-state index in [0.717, 1.165) is 17.9 Å². The highest BCUT2D eigenvalue weighted by Crippen LogP contribution is 2.33. The topological polar surface area (TPSA) is 78.4 Å². The van der Waals surface area contributed by atoms with Crippen molar-refractivity contribution in [3.05, 3.63) is 35.9 Å². The van der Waals surface area contributed by atoms with Crippen molar-refractivity contribution in [1.82, 2.24) is 10.6 Å². The number of carboxylic acid groups (broad SMARTS) is 1. The molecular weight excluding hydrogens is 268 g/mol. The first-order valence-corrected chi connectivity index (χ1v) is 7.38. The summed E-state index contributed by atoms with van der Waals surface area (Å²) >= 11 is 0. The molecule has 0 radical (unpaired) electrons. The summed E-state index contributed by atoms with van der Waals surface area (Å²) in [5.74, 6) is -0.195. The van der Waals surface area contributed by atoms with Crippen molar-refractivity contribution in [2.45, 2.75) is 44.7 Å². The fourth-order valence-corrected chi connectivity index (χ4v) is 2.45. The quantitative estimate of drug-likeness (QED) is 0.722. The molecule has 0 aromatic heterocycles. The van der Waals surface area contributed by atoms with Crippen molar-refractivity contribution in [2.24, 2.45) is 5.92 Å². The molecule has 3 N–H and O–H groups in total. The van der Waals surface area contributed by atoms with Gasteiger partial charge in [0.25, 0.3) is 0 Å². The second-order valence-corrected chi connectivity index (χ2v) is 5.76. The van der Waals surface area contributed by atoms with Crippen LogP contribution in [-0.4, -0.2) is 23.1 Å². The second-order valence-electron chi connectivity index (χ2n) is 5.76. The van der Waals surface area contributed by atoms with E-state index in [1.807, 2.05) is 37.3 Å². The van der Waals surface area contributed by atoms with Crippen LogP contribution in [0.5, 0.6) is 0 Å². The Morgan fingerprint density at radius 2 is 1.90 bits per heavy atom. The molecule has 1 fully saturated rings. The van der Waals surface area contributed by atoms with Gasteiger partial charge in [-0.1, -0.05) is 43.2 Å². The minimum Gasteiger partial charge on any atom is -0.481 e. The van der Waals surface area contributed by atoms with Gasteiger partial charge in [0.15, 0.2) is 0 Å². The molecule has 2 unspecified atom stereocenters. The first kappa shape index (κ1) is 15.4. The smallest absolute Gasteiger partial charge is 0.315 e. The summed E-state index contributed by atoms with van der Waals surface area (Å²) in [5.41, 5.74) is 0.796. The molecule has 1 aromatic rings. The fraction of sp³-hybridized carbons (Fsp3) is 0.500. The number of carbonyl (C=O) groups excluding carboxylic acids is 1. The molecule has 0 saturated heterocycles. The zero-order valence-electron chi connectivity index (χ0n) is 12.2. The molecule has 0 heterocycles. The van der Waals surface area contributed by atoms with Crippen molar-refractivity contribution in [2.75, 3.05) is 0 Å². The van der Waals surface area contributed by atoms with Gasteiger partial charge in [-0.25, -0.2) is 4.79 Å². The number of nitrogens with one attached hydrogen (secondary N) is 2. The maximum atomic E-state index is 12.0. The predicted molar refractivity (Wildman–Crippen MR) is 79.9 cm³/mol. The molecule has 0 bridgehead atoms. The van der Waals surface area contributed by atoms with E-state index in [0.29, 0.717) is 0 Å². The van der Waals surface area contributed by atoms with Gasteiger partial charge in [0, 0.05) is 6.04 Å². The summed E-state index contributed by atoms with van der Waals surface area (Å²) in [7, 11) is 0. The van der Waals surface area contributed by atoms with E-state index in [9.17, 15) is 9.59 Å². The Morgan fingerprint density at radius 3 is 2.48 bits per heavy atom. The van der Waals surface area contributed by atoms with Crippen LogP contribution < -0.4 is 10.6 Å². The summed E-state index contributed by atoms with van der Waals surface area (Å²) < 4.78 is 0. The van der Waals surface area contributed by atoms with E-state index in [1.54, 1.807) is 0 Å². The highest BCUT2D eigenvalue weighted by atomic mass is 16.4. The number of rotatable bonds is 7. The van der Waals surface area contributed by atoms with Crippen molar-refractivity contribution in [3.63, 3.8) is 0 Å². The predicted octanol–water partition coefficient (Wildman–Crippen LogP) is 2.69. The fourth-order valence-electron chi connectivity index (χ4n) is 2.45. The highest BCUT2D eigenvalue weighted by molar-refractivity contribution is 5.76. The van der Waals surface area contributed by atoms with Crippen molar-refractivity contribution in [1.29, 1.82) is 0 Å². The number of carboxylic acids is 1. The average Bonchev–Trinajstić information content (AvgIpc) is 3.22. The highest BCUT2D eigenvalue weighted by Gasteiger charge is 2.25. The number of aliphatic carboxylic acids is 1. The van der Waals surface area contributed by atoms with Crippen LogP contribution in [0.1, 0.15) is 44.2 Å². The summed E-state index contributed by atoms with van der Waals surface area (Å²) in [5, 5.41) is 14.6. The summed E-state index contributed by atoms with van der Waals surface area (Å²) in [6, 6.07) is 8.45. The lowest BCUT2D eigenvalue weighted by atomic mass is 10.0. The minimum atomic E-state index is -0.935. The minimum absolute atomic E-state index is 0.110. The van der Waals surface area contributed by atoms with Crippen LogP contribution >= 0.6 is 0 Å². The molecule has 0 spiro atoms. The van der Waals surface area contributed by atoms with Crippen molar-refractivity contribution >= 4 is 12.0 Å². The van der Waals surface area contributed by atoms with Gasteiger partial charge in [-0.05, 0) is 24.8 Å². The van der Waals surface area contributed by atoms with Crippen molar-refractivity contribution < 1.29 is 14.7 Å². The van der Waals surface area contributed by atoms with E-state index in [-0.39, 0.29) is 18.5 Å². The van der Waals surface area contributed by atoms with Gasteiger partial charge < -0.3 is 15.7 Å². The van der Waals surface area contributed by atoms with Gasteiger partial charge in [-0.3, -0.25) is 4.79 Å². The van der Waals surface area contributed by atoms with E-state index in [4.69, 9.17) is 5.11 Å². The van der Waals surface area contributed by atoms with Crippen LogP contribution in [0.3, 0.4) is 0 Å². The number of amides is 2. The maximum absolute atomic E-state index is 12.0. The number of benzene rings is 1. The zero-order chi connectivity index (χ0) is 15.2. The van der Waals surface area contributed by atoms with Crippen LogP contribution in [0.25, 0.3) is 0 Å². The van der Waals surface area contributed by atoms with E-state index < -0.39 is 12.0 Å². The molecule has 114 valence electrons. The third kappa shape index (κ3) is 5.45. The zero-order valence-corrected chi connectivity index (χ0v) is 12.2. The van der Waals surface area contributed by atoms with E-state index >= 15 is 0 Å². The van der Waals surface area contributed by atoms with Gasteiger partial charge in [0.2, 0.25) is 0 Å². The first-order valence-electron chi connectivity index (χ1n) is 7.38. The van der Waals surface area contributed by atoms with Crippen LogP contribution in [0.2, 0.25) is 0 Å². The molecule has 1 aliphatic rings. The molecule has 2 amide bonds. The van der Waals surface area contributed by atoms with Crippen LogP contribution in [0.15, 0.2) is 30.3 Å². The Kier molecular flexibility index (Phi) is 5.20. The first-order chi connectivity index (χ1) is 10.0. The van der Waals surface area contributed by atoms with Crippen LogP contribution in [-0.2, 0) is 4.79 Å². The summed E-state index contributed by atoms with van der Waals surface area (Å²) in [6.07, 6.45) is 3.36. The number of hydrogen-bond donors (Lipinski definition) is 3. The largest absolute Gasteiger partial charge is 0.481 e. The molecule has 0 aliphatic heterocycles. The average molecular weight is 290 g/mol. The lowest BCUT2D eigenvalue weighted by molar-refractivity contribution is -0.137. The summed E-state index contributed by atoms with van der Waals surface area (Å²) in [6.45, 7) is 1.98. The van der Waals surface area contributed by atoms with Crippen molar-refractivity contribution in [3.8, 4) is 0 Å². The normalized spacial score (nSPS) is 16.8. The summed E-state index contributed by atoms with van der Waals surface area (Å²) in [4.78, 5) is 23.0. The number of hydrogen-bond acceptors (Lipinski definition) is 2. The molecule has 1 saturated carbocycles. The monoisotopic (exact) mass is 290 g/mol. The maximum Gasteiger partial charge on any atom is 0.315 e. The molecule has 2 atom stereocenters. The Morgan fingerprint density at radius 1 is 1.24 bits per heavy atom. The Hall–Kier alpha value is -2.04. The van der Waals surface area contributed by atoms with Gasteiger partial charge in [0.05, 0.1) is 12.5 Å². The lowest BCUT2D eigenvalue weighted by Crippen LogP contribution is -2.43. The molecule has 5 heteroatoms. The lowest BCUT2D eigenvalue weighted by Gasteiger charge is -2.20. The van der Waals surface area contributed by atoms with Crippen LogP contribution in [0, 0.1) is 5.92 Å². The van der Waals surface area contributed by atoms with E-state index in [1.165, 1.54) is 12.8 Å². The third-order valence-corrected chi connectivity index (χ3v) is 3.65. The Labute approximate surface area is 124 Å². The second kappa shape index (κ2) is 7.11. The Balaban J connectivity index is 1.90. The van der Waals surface area contributed by atoms with Gasteiger partial charge in [0.1, 0.15) is 0 Å².